The summed E-state index contributed by atoms with van der Waals surface area (Å²) >= 11 is 7.45. The number of nitrogens with one attached hydrogen (secondary N) is 1. The van der Waals surface area contributed by atoms with E-state index in [0.717, 1.165) is 11.3 Å². The molecule has 1 heterocycles. The fraction of sp³-hybridized carbons (Fsp3) is 0.375. The first-order valence-electron chi connectivity index (χ1n) is 4.47. The predicted molar refractivity (Wildman–Crippen MR) is 71.5 cm³/mol. The van der Waals surface area contributed by atoms with Gasteiger partial charge in [0.1, 0.15) is 10.8 Å². The molecule has 1 N–H and O–H groups in total. The van der Waals surface area contributed by atoms with E-state index in [0.29, 0.717) is 8.26 Å². The summed E-state index contributed by atoms with van der Waals surface area (Å²) in [7, 11) is -3.67. The lowest BCUT2D eigenvalue weighted by atomic mass is 10.7. The second kappa shape index (κ2) is 6.28. The largest absolute Gasteiger partial charge is 0.465 e. The molecule has 0 fully saturated rings. The molecule has 0 atom stereocenters. The summed E-state index contributed by atoms with van der Waals surface area (Å²) in [5, 5.41) is 0. The summed E-state index contributed by atoms with van der Waals surface area (Å²) < 4.78 is 31.8. The Morgan fingerprint density at radius 2 is 2.18 bits per heavy atom. The molecule has 5 nitrogen and oxygen atoms in total. The van der Waals surface area contributed by atoms with Crippen LogP contribution in [-0.4, -0.2) is 27.5 Å². The molecule has 0 unspecified atom stereocenters. The molecule has 96 valence electrons. The zero-order valence-corrected chi connectivity index (χ0v) is 13.5. The Balaban J connectivity index is 2.72. The molecule has 0 aliphatic carbocycles. The van der Waals surface area contributed by atoms with E-state index in [2.05, 4.69) is 41.3 Å². The van der Waals surface area contributed by atoms with E-state index in [1.165, 1.54) is 6.07 Å². The van der Waals surface area contributed by atoms with E-state index in [9.17, 15) is 13.2 Å². The van der Waals surface area contributed by atoms with Gasteiger partial charge >= 0.3 is 5.97 Å². The van der Waals surface area contributed by atoms with E-state index in [1.54, 1.807) is 6.92 Å². The van der Waals surface area contributed by atoms with Crippen LogP contribution in [0, 0.1) is 0 Å². The minimum Gasteiger partial charge on any atom is -0.465 e. The third-order valence-electron chi connectivity index (χ3n) is 1.60. The third kappa shape index (κ3) is 4.32. The van der Waals surface area contributed by atoms with Crippen LogP contribution in [0.2, 0.25) is 0 Å². The van der Waals surface area contributed by atoms with Gasteiger partial charge in [0.2, 0.25) is 0 Å². The molecule has 9 heteroatoms. The van der Waals surface area contributed by atoms with Crippen LogP contribution in [0.1, 0.15) is 6.92 Å². The fourth-order valence-electron chi connectivity index (χ4n) is 0.896. The van der Waals surface area contributed by atoms with Gasteiger partial charge in [-0.2, -0.15) is 4.72 Å². The number of rotatable bonds is 5. The first-order valence-corrected chi connectivity index (χ1v) is 8.35. The lowest BCUT2D eigenvalue weighted by Gasteiger charge is -2.03. The summed E-state index contributed by atoms with van der Waals surface area (Å²) in [6, 6.07) is 1.46. The minimum absolute atomic E-state index is 0.126. The first-order chi connectivity index (χ1) is 7.86. The Bertz CT molecular complexity index is 492. The molecule has 0 aliphatic heterocycles. The van der Waals surface area contributed by atoms with Crippen molar-refractivity contribution >= 4 is 59.2 Å². The number of hydrogen-bond acceptors (Lipinski definition) is 5. The molecule has 0 saturated heterocycles. The van der Waals surface area contributed by atoms with Crippen LogP contribution in [-0.2, 0) is 19.6 Å². The number of sulfonamides is 1. The van der Waals surface area contributed by atoms with E-state index in [-0.39, 0.29) is 17.4 Å². The number of carbonyl (C=O) groups is 1. The summed E-state index contributed by atoms with van der Waals surface area (Å²) in [5.74, 6) is -0.606. The standard InChI is InChI=1S/C8H9Br2NO4S2/c1-2-15-6(12)4-11-17(13,14)7-3-5(9)8(10)16-7/h3,11H,2,4H2,1H3. The van der Waals surface area contributed by atoms with Gasteiger partial charge in [0, 0.05) is 4.47 Å². The summed E-state index contributed by atoms with van der Waals surface area (Å²) in [4.78, 5) is 11.0. The van der Waals surface area contributed by atoms with Crippen molar-refractivity contribution in [3.63, 3.8) is 0 Å². The van der Waals surface area contributed by atoms with Gasteiger partial charge in [-0.05, 0) is 44.8 Å². The molecule has 0 aliphatic rings. The van der Waals surface area contributed by atoms with Crippen LogP contribution in [0.5, 0.6) is 0 Å². The number of carbonyl (C=O) groups excluding carboxylic acids is 1. The average molecular weight is 407 g/mol. The number of ether oxygens (including phenoxy) is 1. The highest BCUT2D eigenvalue weighted by atomic mass is 79.9. The number of esters is 1. The summed E-state index contributed by atoms with van der Waals surface area (Å²) in [6.07, 6.45) is 0. The van der Waals surface area contributed by atoms with E-state index >= 15 is 0 Å². The van der Waals surface area contributed by atoms with E-state index in [4.69, 9.17) is 0 Å². The maximum atomic E-state index is 11.8. The minimum atomic E-state index is -3.67. The van der Waals surface area contributed by atoms with E-state index in [1.807, 2.05) is 0 Å². The van der Waals surface area contributed by atoms with Gasteiger partial charge < -0.3 is 4.74 Å². The molecule has 1 aromatic heterocycles. The zero-order chi connectivity index (χ0) is 13.1. The van der Waals surface area contributed by atoms with Crippen molar-refractivity contribution in [1.29, 1.82) is 0 Å². The van der Waals surface area contributed by atoms with Crippen LogP contribution in [0.3, 0.4) is 0 Å². The van der Waals surface area contributed by atoms with Gasteiger partial charge in [0.15, 0.2) is 0 Å². The van der Waals surface area contributed by atoms with Crippen molar-refractivity contribution in [3.8, 4) is 0 Å². The maximum absolute atomic E-state index is 11.8. The van der Waals surface area contributed by atoms with Gasteiger partial charge in [-0.15, -0.1) is 11.3 Å². The Kier molecular flexibility index (Phi) is 5.58. The highest BCUT2D eigenvalue weighted by Crippen LogP contribution is 2.34. The van der Waals surface area contributed by atoms with Crippen LogP contribution < -0.4 is 4.72 Å². The van der Waals surface area contributed by atoms with Crippen LogP contribution in [0.15, 0.2) is 18.5 Å². The van der Waals surface area contributed by atoms with Crippen molar-refractivity contribution in [2.45, 2.75) is 11.1 Å². The molecule has 0 radical (unpaired) electrons. The topological polar surface area (TPSA) is 72.5 Å². The SMILES string of the molecule is CCOC(=O)CNS(=O)(=O)c1cc(Br)c(Br)s1. The van der Waals surface area contributed by atoms with Gasteiger partial charge in [-0.3, -0.25) is 4.79 Å². The maximum Gasteiger partial charge on any atom is 0.321 e. The van der Waals surface area contributed by atoms with Crippen LogP contribution >= 0.6 is 43.2 Å². The Morgan fingerprint density at radius 1 is 1.53 bits per heavy atom. The second-order valence-corrected chi connectivity index (χ2v) is 8.03. The zero-order valence-electron chi connectivity index (χ0n) is 8.70. The molecular weight excluding hydrogens is 398 g/mol. The molecule has 0 aromatic carbocycles. The smallest absolute Gasteiger partial charge is 0.321 e. The Morgan fingerprint density at radius 3 is 2.65 bits per heavy atom. The van der Waals surface area contributed by atoms with Crippen molar-refractivity contribution in [3.05, 3.63) is 14.3 Å². The first kappa shape index (κ1) is 15.1. The molecule has 17 heavy (non-hydrogen) atoms. The van der Waals surface area contributed by atoms with Gasteiger partial charge in [0.05, 0.1) is 10.4 Å². The predicted octanol–water partition coefficient (Wildman–Crippen LogP) is 2.11. The van der Waals surface area contributed by atoms with Gasteiger partial charge in [-0.1, -0.05) is 0 Å². The molecule has 1 aromatic rings. The van der Waals surface area contributed by atoms with Crippen LogP contribution in [0.25, 0.3) is 0 Å². The lowest BCUT2D eigenvalue weighted by Crippen LogP contribution is -2.30. The van der Waals surface area contributed by atoms with Gasteiger partial charge in [-0.25, -0.2) is 8.42 Å². The molecule has 0 bridgehead atoms. The monoisotopic (exact) mass is 405 g/mol. The van der Waals surface area contributed by atoms with Crippen LogP contribution in [0.4, 0.5) is 0 Å². The average Bonchev–Trinajstić information content (AvgIpc) is 2.58. The molecule has 1 rings (SSSR count). The quantitative estimate of drug-likeness (QED) is 0.760. The molecular formula is C8H9Br2NO4S2. The highest BCUT2D eigenvalue weighted by molar-refractivity contribution is 9.13. The highest BCUT2D eigenvalue weighted by Gasteiger charge is 2.19. The Hall–Kier alpha value is 0.0400. The number of hydrogen-bond donors (Lipinski definition) is 1. The fourth-order valence-corrected chi connectivity index (χ4v) is 4.73. The van der Waals surface area contributed by atoms with Crippen molar-refractivity contribution in [2.75, 3.05) is 13.2 Å². The molecule has 0 saturated carbocycles. The lowest BCUT2D eigenvalue weighted by molar-refractivity contribution is -0.141. The summed E-state index contributed by atoms with van der Waals surface area (Å²) in [5.41, 5.74) is 0. The normalized spacial score (nSPS) is 11.5. The third-order valence-corrected chi connectivity index (χ3v) is 6.73. The number of thiophene rings is 1. The molecule has 0 spiro atoms. The summed E-state index contributed by atoms with van der Waals surface area (Å²) in [6.45, 7) is 1.50. The van der Waals surface area contributed by atoms with Crippen molar-refractivity contribution in [1.82, 2.24) is 4.72 Å². The van der Waals surface area contributed by atoms with Crippen molar-refractivity contribution < 1.29 is 17.9 Å². The van der Waals surface area contributed by atoms with Crippen molar-refractivity contribution in [2.24, 2.45) is 0 Å². The van der Waals surface area contributed by atoms with E-state index < -0.39 is 16.0 Å². The number of halogens is 2. The second-order valence-electron chi connectivity index (χ2n) is 2.82. The Labute approximate surface area is 120 Å². The molecule has 0 amide bonds. The van der Waals surface area contributed by atoms with Gasteiger partial charge in [0.25, 0.3) is 10.0 Å².